The number of hydrogen-bond donors (Lipinski definition) is 2. The van der Waals surface area contributed by atoms with Crippen LogP contribution in [0.3, 0.4) is 0 Å². The lowest BCUT2D eigenvalue weighted by Crippen LogP contribution is -2.25. The van der Waals surface area contributed by atoms with E-state index in [0.29, 0.717) is 19.5 Å². The number of nitrogens with one attached hydrogen (secondary N) is 2. The second-order valence-corrected chi connectivity index (χ2v) is 8.89. The minimum Gasteiger partial charge on any atom is -0.370 e. The third-order valence-electron chi connectivity index (χ3n) is 4.71. The highest BCUT2D eigenvalue weighted by molar-refractivity contribution is 7.93. The molecule has 1 aliphatic carbocycles. The van der Waals surface area contributed by atoms with E-state index in [0.717, 1.165) is 35.3 Å². The summed E-state index contributed by atoms with van der Waals surface area (Å²) in [6.45, 7) is 2.09. The quantitative estimate of drug-likeness (QED) is 0.775. The Kier molecular flexibility index (Phi) is 4.67. The Bertz CT molecular complexity index is 883. The summed E-state index contributed by atoms with van der Waals surface area (Å²) in [5.74, 6) is 2.59. The average molecular weight is 373 g/mol. The standard InChI is InChI=1S/C18H23N5O2S/c24-26(25)8-2-7-23(26)16-4-1-3-15(9-16)12-20-18-10-17(21-13-22-18)19-11-14-5-6-14/h1,3-4,9-10,13-14H,2,5-8,11-12H2,(H2,19,20,21,22). The molecule has 1 saturated heterocycles. The lowest BCUT2D eigenvalue weighted by molar-refractivity contribution is 0.599. The van der Waals surface area contributed by atoms with E-state index in [1.54, 1.807) is 6.33 Å². The second-order valence-electron chi connectivity index (χ2n) is 6.88. The maximum Gasteiger partial charge on any atom is 0.235 e. The number of aromatic nitrogens is 2. The molecule has 2 heterocycles. The van der Waals surface area contributed by atoms with Gasteiger partial charge in [-0.3, -0.25) is 4.31 Å². The summed E-state index contributed by atoms with van der Waals surface area (Å²) in [5, 5.41) is 6.62. The van der Waals surface area contributed by atoms with Crippen LogP contribution >= 0.6 is 0 Å². The minimum atomic E-state index is -3.15. The number of anilines is 3. The maximum atomic E-state index is 12.1. The van der Waals surface area contributed by atoms with Gasteiger partial charge in [-0.1, -0.05) is 12.1 Å². The summed E-state index contributed by atoms with van der Waals surface area (Å²) in [4.78, 5) is 8.49. The van der Waals surface area contributed by atoms with Crippen molar-refractivity contribution in [3.05, 3.63) is 42.2 Å². The largest absolute Gasteiger partial charge is 0.370 e. The monoisotopic (exact) mass is 373 g/mol. The molecule has 0 bridgehead atoms. The molecule has 0 unspecified atom stereocenters. The van der Waals surface area contributed by atoms with Crippen molar-refractivity contribution < 1.29 is 8.42 Å². The summed E-state index contributed by atoms with van der Waals surface area (Å²) < 4.78 is 25.7. The van der Waals surface area contributed by atoms with Gasteiger partial charge in [0.1, 0.15) is 18.0 Å². The molecule has 4 rings (SSSR count). The molecule has 26 heavy (non-hydrogen) atoms. The topological polar surface area (TPSA) is 87.2 Å². The molecule has 8 heteroatoms. The third-order valence-corrected chi connectivity index (χ3v) is 6.58. The van der Waals surface area contributed by atoms with Crippen LogP contribution in [-0.2, 0) is 16.6 Å². The fourth-order valence-corrected chi connectivity index (χ4v) is 4.62. The van der Waals surface area contributed by atoms with Crippen molar-refractivity contribution in [2.24, 2.45) is 5.92 Å². The fraction of sp³-hybridized carbons (Fsp3) is 0.444. The Morgan fingerprint density at radius 1 is 1.12 bits per heavy atom. The van der Waals surface area contributed by atoms with Gasteiger partial charge in [0.25, 0.3) is 0 Å². The highest BCUT2D eigenvalue weighted by atomic mass is 32.2. The van der Waals surface area contributed by atoms with Crippen LogP contribution < -0.4 is 14.9 Å². The molecular weight excluding hydrogens is 350 g/mol. The highest BCUT2D eigenvalue weighted by Crippen LogP contribution is 2.29. The molecule has 0 atom stereocenters. The number of sulfonamides is 1. The predicted molar refractivity (Wildman–Crippen MR) is 103 cm³/mol. The Balaban J connectivity index is 1.40. The van der Waals surface area contributed by atoms with E-state index in [-0.39, 0.29) is 5.75 Å². The Hall–Kier alpha value is -2.35. The zero-order valence-corrected chi connectivity index (χ0v) is 15.4. The van der Waals surface area contributed by atoms with Crippen molar-refractivity contribution >= 4 is 27.3 Å². The number of benzene rings is 1. The molecule has 0 radical (unpaired) electrons. The molecule has 138 valence electrons. The molecule has 1 saturated carbocycles. The van der Waals surface area contributed by atoms with Crippen molar-refractivity contribution in [2.45, 2.75) is 25.8 Å². The van der Waals surface area contributed by atoms with Gasteiger partial charge in [0, 0.05) is 25.7 Å². The van der Waals surface area contributed by atoms with E-state index in [9.17, 15) is 8.42 Å². The normalized spacial score (nSPS) is 18.7. The second kappa shape index (κ2) is 7.11. The molecule has 7 nitrogen and oxygen atoms in total. The van der Waals surface area contributed by atoms with Crippen LogP contribution in [-0.4, -0.2) is 37.2 Å². The van der Waals surface area contributed by atoms with Gasteiger partial charge in [-0.25, -0.2) is 18.4 Å². The van der Waals surface area contributed by atoms with Crippen LogP contribution in [0.15, 0.2) is 36.7 Å². The molecule has 2 fully saturated rings. The number of hydrogen-bond acceptors (Lipinski definition) is 6. The van der Waals surface area contributed by atoms with Crippen LogP contribution in [0.2, 0.25) is 0 Å². The van der Waals surface area contributed by atoms with Gasteiger partial charge in [0.2, 0.25) is 10.0 Å². The van der Waals surface area contributed by atoms with E-state index < -0.39 is 10.0 Å². The lowest BCUT2D eigenvalue weighted by atomic mass is 10.2. The molecule has 1 aliphatic heterocycles. The first-order valence-electron chi connectivity index (χ1n) is 8.99. The van der Waals surface area contributed by atoms with E-state index in [1.807, 2.05) is 30.3 Å². The van der Waals surface area contributed by atoms with Crippen LogP contribution in [0.1, 0.15) is 24.8 Å². The van der Waals surface area contributed by atoms with Gasteiger partial charge >= 0.3 is 0 Å². The van der Waals surface area contributed by atoms with Crippen LogP contribution in [0.4, 0.5) is 17.3 Å². The van der Waals surface area contributed by atoms with E-state index in [4.69, 9.17) is 0 Å². The highest BCUT2D eigenvalue weighted by Gasteiger charge is 2.28. The van der Waals surface area contributed by atoms with Crippen molar-refractivity contribution in [3.8, 4) is 0 Å². The molecular formula is C18H23N5O2S. The molecule has 1 aromatic carbocycles. The Labute approximate surface area is 153 Å². The van der Waals surface area contributed by atoms with Crippen molar-refractivity contribution in [3.63, 3.8) is 0 Å². The summed E-state index contributed by atoms with van der Waals surface area (Å²) in [6.07, 6.45) is 4.83. The van der Waals surface area contributed by atoms with Crippen LogP contribution in [0.25, 0.3) is 0 Å². The van der Waals surface area contributed by atoms with E-state index >= 15 is 0 Å². The van der Waals surface area contributed by atoms with Crippen molar-refractivity contribution in [1.29, 1.82) is 0 Å². The van der Waals surface area contributed by atoms with Crippen molar-refractivity contribution in [1.82, 2.24) is 9.97 Å². The summed E-state index contributed by atoms with van der Waals surface area (Å²) in [6, 6.07) is 9.53. The number of rotatable bonds is 7. The van der Waals surface area contributed by atoms with Gasteiger partial charge in [-0.05, 0) is 42.9 Å². The summed E-state index contributed by atoms with van der Waals surface area (Å²) >= 11 is 0. The van der Waals surface area contributed by atoms with Gasteiger partial charge in [0.05, 0.1) is 11.4 Å². The van der Waals surface area contributed by atoms with Gasteiger partial charge in [-0.2, -0.15) is 0 Å². The van der Waals surface area contributed by atoms with Crippen LogP contribution in [0, 0.1) is 5.92 Å². The smallest absolute Gasteiger partial charge is 0.235 e. The minimum absolute atomic E-state index is 0.229. The predicted octanol–water partition coefficient (Wildman–Crippen LogP) is 2.45. The van der Waals surface area contributed by atoms with Crippen molar-refractivity contribution in [2.75, 3.05) is 33.8 Å². The number of nitrogens with zero attached hydrogens (tertiary/aromatic N) is 3. The maximum absolute atomic E-state index is 12.1. The van der Waals surface area contributed by atoms with E-state index in [1.165, 1.54) is 17.1 Å². The fourth-order valence-electron chi connectivity index (χ4n) is 3.07. The molecule has 0 spiro atoms. The van der Waals surface area contributed by atoms with Gasteiger partial charge in [-0.15, -0.1) is 0 Å². The van der Waals surface area contributed by atoms with E-state index in [2.05, 4.69) is 20.6 Å². The first kappa shape index (κ1) is 17.1. The lowest BCUT2D eigenvalue weighted by Gasteiger charge is -2.18. The Morgan fingerprint density at radius 2 is 1.92 bits per heavy atom. The first-order valence-corrected chi connectivity index (χ1v) is 10.6. The zero-order chi connectivity index (χ0) is 18.0. The molecule has 0 amide bonds. The molecule has 2 aromatic rings. The molecule has 2 N–H and O–H groups in total. The zero-order valence-electron chi connectivity index (χ0n) is 14.6. The van der Waals surface area contributed by atoms with Gasteiger partial charge < -0.3 is 10.6 Å². The SMILES string of the molecule is O=S1(=O)CCCN1c1cccc(CNc2cc(NCC3CC3)ncn2)c1. The molecule has 1 aromatic heterocycles. The third kappa shape index (κ3) is 4.07. The van der Waals surface area contributed by atoms with Crippen LogP contribution in [0.5, 0.6) is 0 Å². The first-order chi connectivity index (χ1) is 12.6. The Morgan fingerprint density at radius 3 is 2.65 bits per heavy atom. The average Bonchev–Trinajstić information content (AvgIpc) is 3.40. The summed E-state index contributed by atoms with van der Waals surface area (Å²) in [5.41, 5.74) is 1.74. The summed E-state index contributed by atoms with van der Waals surface area (Å²) in [7, 11) is -3.15. The van der Waals surface area contributed by atoms with Gasteiger partial charge in [0.15, 0.2) is 0 Å². The molecule has 2 aliphatic rings.